The molecule has 0 aromatic heterocycles. The van der Waals surface area contributed by atoms with Crippen molar-refractivity contribution in [3.63, 3.8) is 0 Å². The molecule has 1 aromatic carbocycles. The first-order chi connectivity index (χ1) is 10.6. The average Bonchev–Trinajstić information content (AvgIpc) is 2.54. The lowest BCUT2D eigenvalue weighted by Gasteiger charge is -2.26. The zero-order chi connectivity index (χ0) is 15.9. The summed E-state index contributed by atoms with van der Waals surface area (Å²) in [5.74, 6) is -0.504. The van der Waals surface area contributed by atoms with Gasteiger partial charge in [0, 0.05) is 13.1 Å². The van der Waals surface area contributed by atoms with E-state index < -0.39 is 5.97 Å². The summed E-state index contributed by atoms with van der Waals surface area (Å²) in [6.45, 7) is 4.21. The highest BCUT2D eigenvalue weighted by Gasteiger charge is 2.18. The highest BCUT2D eigenvalue weighted by Crippen LogP contribution is 2.28. The summed E-state index contributed by atoms with van der Waals surface area (Å²) in [7, 11) is 0. The summed E-state index contributed by atoms with van der Waals surface area (Å²) in [5, 5.41) is 8.99. The van der Waals surface area contributed by atoms with Crippen molar-refractivity contribution in [3.8, 4) is 11.5 Å². The standard InChI is InChI=1S/C15H19NO6/c1-2-21-13-9-11(15(18)19)3-4-12(13)22-10-14(17)16-5-7-20-8-6-16/h3-4,9H,2,5-8,10H2,1H3,(H,18,19). The number of amides is 1. The van der Waals surface area contributed by atoms with Crippen molar-refractivity contribution < 1.29 is 28.9 Å². The summed E-state index contributed by atoms with van der Waals surface area (Å²) < 4.78 is 16.1. The molecule has 1 amide bonds. The Morgan fingerprint density at radius 3 is 2.59 bits per heavy atom. The fourth-order valence-electron chi connectivity index (χ4n) is 2.07. The Balaban J connectivity index is 2.01. The predicted molar refractivity (Wildman–Crippen MR) is 77.5 cm³/mol. The molecule has 0 aliphatic carbocycles. The van der Waals surface area contributed by atoms with Gasteiger partial charge in [-0.05, 0) is 25.1 Å². The number of morpholine rings is 1. The Morgan fingerprint density at radius 1 is 1.23 bits per heavy atom. The number of nitrogens with zero attached hydrogens (tertiary/aromatic N) is 1. The number of carbonyl (C=O) groups is 2. The van der Waals surface area contributed by atoms with Crippen LogP contribution in [-0.4, -0.2) is 61.4 Å². The van der Waals surface area contributed by atoms with Gasteiger partial charge in [0.2, 0.25) is 0 Å². The van der Waals surface area contributed by atoms with Crippen LogP contribution in [0, 0.1) is 0 Å². The number of hydrogen-bond acceptors (Lipinski definition) is 5. The number of hydrogen-bond donors (Lipinski definition) is 1. The van der Waals surface area contributed by atoms with E-state index in [-0.39, 0.29) is 18.1 Å². The third kappa shape index (κ3) is 4.11. The van der Waals surface area contributed by atoms with Gasteiger partial charge in [0.25, 0.3) is 5.91 Å². The lowest BCUT2D eigenvalue weighted by molar-refractivity contribution is -0.137. The van der Waals surface area contributed by atoms with E-state index in [0.717, 1.165) is 0 Å². The normalized spacial score (nSPS) is 14.5. The van der Waals surface area contributed by atoms with Crippen molar-refractivity contribution in [2.24, 2.45) is 0 Å². The van der Waals surface area contributed by atoms with Gasteiger partial charge in [0.05, 0.1) is 25.4 Å². The van der Waals surface area contributed by atoms with Gasteiger partial charge in [-0.25, -0.2) is 4.79 Å². The fraction of sp³-hybridized carbons (Fsp3) is 0.467. The minimum atomic E-state index is -1.04. The van der Waals surface area contributed by atoms with Crippen molar-refractivity contribution in [2.75, 3.05) is 39.5 Å². The Hall–Kier alpha value is -2.28. The van der Waals surface area contributed by atoms with Crippen molar-refractivity contribution in [3.05, 3.63) is 23.8 Å². The molecule has 1 fully saturated rings. The molecule has 0 atom stereocenters. The maximum atomic E-state index is 12.0. The average molecular weight is 309 g/mol. The van der Waals surface area contributed by atoms with Crippen molar-refractivity contribution >= 4 is 11.9 Å². The smallest absolute Gasteiger partial charge is 0.335 e. The first-order valence-corrected chi connectivity index (χ1v) is 7.10. The molecule has 7 heteroatoms. The summed E-state index contributed by atoms with van der Waals surface area (Å²) in [5.41, 5.74) is 0.107. The van der Waals surface area contributed by atoms with Gasteiger partial charge in [-0.3, -0.25) is 4.79 Å². The lowest BCUT2D eigenvalue weighted by atomic mass is 10.2. The van der Waals surface area contributed by atoms with E-state index in [4.69, 9.17) is 19.3 Å². The second kappa shape index (κ2) is 7.65. The Kier molecular flexibility index (Phi) is 5.60. The fourth-order valence-corrected chi connectivity index (χ4v) is 2.07. The molecule has 1 heterocycles. The summed E-state index contributed by atoms with van der Waals surface area (Å²) in [4.78, 5) is 24.7. The van der Waals surface area contributed by atoms with Gasteiger partial charge in [0.1, 0.15) is 0 Å². The first-order valence-electron chi connectivity index (χ1n) is 7.10. The SMILES string of the molecule is CCOc1cc(C(=O)O)ccc1OCC(=O)N1CCOCC1. The quantitative estimate of drug-likeness (QED) is 0.844. The molecule has 120 valence electrons. The van der Waals surface area contributed by atoms with Crippen LogP contribution in [0.15, 0.2) is 18.2 Å². The molecule has 22 heavy (non-hydrogen) atoms. The summed E-state index contributed by atoms with van der Waals surface area (Å²) in [6, 6.07) is 4.31. The Morgan fingerprint density at radius 2 is 1.95 bits per heavy atom. The monoisotopic (exact) mass is 309 g/mol. The molecular weight excluding hydrogens is 290 g/mol. The zero-order valence-corrected chi connectivity index (χ0v) is 12.4. The van der Waals surface area contributed by atoms with E-state index in [1.807, 2.05) is 0 Å². The molecule has 0 spiro atoms. The van der Waals surface area contributed by atoms with Crippen molar-refractivity contribution in [1.29, 1.82) is 0 Å². The number of carboxylic acids is 1. The third-order valence-electron chi connectivity index (χ3n) is 3.21. The molecule has 1 aliphatic heterocycles. The lowest BCUT2D eigenvalue weighted by Crippen LogP contribution is -2.43. The third-order valence-corrected chi connectivity index (χ3v) is 3.21. The molecule has 1 aliphatic rings. The van der Waals surface area contributed by atoms with E-state index in [9.17, 15) is 9.59 Å². The van der Waals surface area contributed by atoms with Crippen molar-refractivity contribution in [2.45, 2.75) is 6.92 Å². The number of benzene rings is 1. The summed E-state index contributed by atoms with van der Waals surface area (Å²) in [6.07, 6.45) is 0. The Bertz CT molecular complexity index is 539. The first kappa shape index (κ1) is 16.1. The predicted octanol–water partition coefficient (Wildman–Crippen LogP) is 1.02. The van der Waals surface area contributed by atoms with E-state index in [1.54, 1.807) is 11.8 Å². The topological polar surface area (TPSA) is 85.3 Å². The van der Waals surface area contributed by atoms with Gasteiger partial charge in [-0.2, -0.15) is 0 Å². The van der Waals surface area contributed by atoms with Gasteiger partial charge >= 0.3 is 5.97 Å². The van der Waals surface area contributed by atoms with Crippen LogP contribution >= 0.6 is 0 Å². The number of ether oxygens (including phenoxy) is 3. The molecule has 7 nitrogen and oxygen atoms in total. The van der Waals surface area contributed by atoms with Crippen LogP contribution in [0.1, 0.15) is 17.3 Å². The molecule has 0 bridgehead atoms. The highest BCUT2D eigenvalue weighted by atomic mass is 16.5. The molecule has 0 unspecified atom stereocenters. The van der Waals surface area contributed by atoms with E-state index >= 15 is 0 Å². The molecule has 0 saturated carbocycles. The number of carbonyl (C=O) groups excluding carboxylic acids is 1. The molecular formula is C15H19NO6. The van der Waals surface area contributed by atoms with Gasteiger partial charge in [-0.15, -0.1) is 0 Å². The van der Waals surface area contributed by atoms with Crippen LogP contribution in [0.2, 0.25) is 0 Å². The number of aromatic carboxylic acids is 1. The molecule has 0 radical (unpaired) electrons. The molecule has 2 rings (SSSR count). The van der Waals surface area contributed by atoms with Crippen LogP contribution in [0.5, 0.6) is 11.5 Å². The minimum absolute atomic E-state index is 0.107. The van der Waals surface area contributed by atoms with Crippen LogP contribution in [0.25, 0.3) is 0 Å². The maximum Gasteiger partial charge on any atom is 0.335 e. The second-order valence-electron chi connectivity index (χ2n) is 4.68. The zero-order valence-electron chi connectivity index (χ0n) is 12.4. The maximum absolute atomic E-state index is 12.0. The van der Waals surface area contributed by atoms with Gasteiger partial charge in [-0.1, -0.05) is 0 Å². The van der Waals surface area contributed by atoms with Crippen molar-refractivity contribution in [1.82, 2.24) is 4.90 Å². The number of carboxylic acid groups (broad SMARTS) is 1. The summed E-state index contributed by atoms with van der Waals surface area (Å²) >= 11 is 0. The van der Waals surface area contributed by atoms with Crippen LogP contribution in [0.3, 0.4) is 0 Å². The molecule has 1 aromatic rings. The van der Waals surface area contributed by atoms with E-state index in [1.165, 1.54) is 18.2 Å². The Labute approximate surface area is 128 Å². The highest BCUT2D eigenvalue weighted by molar-refractivity contribution is 5.88. The second-order valence-corrected chi connectivity index (χ2v) is 4.68. The molecule has 1 saturated heterocycles. The largest absolute Gasteiger partial charge is 0.490 e. The van der Waals surface area contributed by atoms with E-state index in [2.05, 4.69) is 0 Å². The van der Waals surface area contributed by atoms with Crippen LogP contribution in [0.4, 0.5) is 0 Å². The van der Waals surface area contributed by atoms with E-state index in [0.29, 0.717) is 44.4 Å². The van der Waals surface area contributed by atoms with Gasteiger partial charge in [0.15, 0.2) is 18.1 Å². The number of rotatable bonds is 6. The van der Waals surface area contributed by atoms with Crippen LogP contribution in [-0.2, 0) is 9.53 Å². The molecule has 1 N–H and O–H groups in total. The van der Waals surface area contributed by atoms with Crippen LogP contribution < -0.4 is 9.47 Å². The van der Waals surface area contributed by atoms with Gasteiger partial charge < -0.3 is 24.2 Å². The minimum Gasteiger partial charge on any atom is -0.490 e.